The zero-order valence-electron chi connectivity index (χ0n) is 9.88. The summed E-state index contributed by atoms with van der Waals surface area (Å²) in [4.78, 5) is 0. The highest BCUT2D eigenvalue weighted by Crippen LogP contribution is 2.21. The van der Waals surface area contributed by atoms with E-state index in [0.29, 0.717) is 5.69 Å². The van der Waals surface area contributed by atoms with E-state index in [1.807, 2.05) is 31.2 Å². The second-order valence-corrected chi connectivity index (χ2v) is 6.91. The van der Waals surface area contributed by atoms with Crippen molar-refractivity contribution in [1.29, 1.82) is 0 Å². The van der Waals surface area contributed by atoms with Gasteiger partial charge in [-0.15, -0.1) is 11.3 Å². The van der Waals surface area contributed by atoms with E-state index in [2.05, 4.69) is 4.72 Å². The Morgan fingerprint density at radius 3 is 2.50 bits per heavy atom. The third-order valence-electron chi connectivity index (χ3n) is 2.45. The van der Waals surface area contributed by atoms with Gasteiger partial charge in [-0.3, -0.25) is 0 Å². The molecule has 0 atom stereocenters. The van der Waals surface area contributed by atoms with Gasteiger partial charge in [-0.2, -0.15) is 0 Å². The van der Waals surface area contributed by atoms with Crippen molar-refractivity contribution in [1.82, 2.24) is 4.72 Å². The van der Waals surface area contributed by atoms with E-state index in [1.165, 1.54) is 6.07 Å². The number of nitrogens with two attached hydrogens (primary N) is 1. The Morgan fingerprint density at radius 2 is 1.94 bits per heavy atom. The molecule has 0 unspecified atom stereocenters. The third kappa shape index (κ3) is 3.10. The molecular weight excluding hydrogens is 268 g/mol. The highest BCUT2D eigenvalue weighted by Gasteiger charge is 2.15. The number of rotatable bonds is 4. The molecule has 0 saturated heterocycles. The molecule has 0 amide bonds. The molecule has 18 heavy (non-hydrogen) atoms. The zero-order valence-corrected chi connectivity index (χ0v) is 11.5. The summed E-state index contributed by atoms with van der Waals surface area (Å²) in [6.07, 6.45) is 0. The summed E-state index contributed by atoms with van der Waals surface area (Å²) in [6, 6.07) is 9.17. The van der Waals surface area contributed by atoms with Crippen molar-refractivity contribution in [2.24, 2.45) is 0 Å². The van der Waals surface area contributed by atoms with Crippen LogP contribution in [0.3, 0.4) is 0 Å². The minimum absolute atomic E-state index is 0.243. The lowest BCUT2D eigenvalue weighted by atomic mass is 10.2. The lowest BCUT2D eigenvalue weighted by Gasteiger charge is -2.05. The van der Waals surface area contributed by atoms with E-state index in [9.17, 15) is 8.42 Å². The SMILES string of the molecule is Cc1ccc(CNS(=O)(=O)c2cc(N)cs2)cc1. The van der Waals surface area contributed by atoms with Crippen molar-refractivity contribution in [3.8, 4) is 0 Å². The summed E-state index contributed by atoms with van der Waals surface area (Å²) >= 11 is 1.12. The number of benzene rings is 1. The monoisotopic (exact) mass is 282 g/mol. The third-order valence-corrected chi connectivity index (χ3v) is 5.31. The molecule has 0 fully saturated rings. The Balaban J connectivity index is 2.08. The summed E-state index contributed by atoms with van der Waals surface area (Å²) in [5.41, 5.74) is 8.06. The molecule has 0 aliphatic rings. The fourth-order valence-corrected chi connectivity index (χ4v) is 3.57. The van der Waals surface area contributed by atoms with Crippen LogP contribution in [0.15, 0.2) is 39.9 Å². The molecule has 2 rings (SSSR count). The number of nitrogen functional groups attached to an aromatic ring is 1. The van der Waals surface area contributed by atoms with Gasteiger partial charge in [0, 0.05) is 17.6 Å². The maximum atomic E-state index is 11.9. The molecule has 1 aromatic carbocycles. The van der Waals surface area contributed by atoms with Gasteiger partial charge in [0.15, 0.2) is 0 Å². The molecule has 1 heterocycles. The second kappa shape index (κ2) is 5.09. The van der Waals surface area contributed by atoms with Gasteiger partial charge in [0.25, 0.3) is 0 Å². The first-order valence-electron chi connectivity index (χ1n) is 5.36. The minimum Gasteiger partial charge on any atom is -0.398 e. The quantitative estimate of drug-likeness (QED) is 0.902. The number of anilines is 1. The summed E-state index contributed by atoms with van der Waals surface area (Å²) in [6.45, 7) is 2.27. The van der Waals surface area contributed by atoms with Crippen LogP contribution in [-0.4, -0.2) is 8.42 Å². The van der Waals surface area contributed by atoms with Gasteiger partial charge in [-0.05, 0) is 18.6 Å². The molecule has 0 bridgehead atoms. The topological polar surface area (TPSA) is 72.2 Å². The number of sulfonamides is 1. The standard InChI is InChI=1S/C12H14N2O2S2/c1-9-2-4-10(5-3-9)7-14-18(15,16)12-6-11(13)8-17-12/h2-6,8,14H,7,13H2,1H3. The van der Waals surface area contributed by atoms with Gasteiger partial charge in [0.2, 0.25) is 10.0 Å². The fraction of sp³-hybridized carbons (Fsp3) is 0.167. The van der Waals surface area contributed by atoms with Crippen LogP contribution < -0.4 is 10.5 Å². The van der Waals surface area contributed by atoms with Crippen LogP contribution in [-0.2, 0) is 16.6 Å². The molecule has 0 radical (unpaired) electrons. The molecule has 2 aromatic rings. The number of aryl methyl sites for hydroxylation is 1. The van der Waals surface area contributed by atoms with Crippen molar-refractivity contribution >= 4 is 27.0 Å². The van der Waals surface area contributed by atoms with Gasteiger partial charge in [-0.1, -0.05) is 29.8 Å². The molecular formula is C12H14N2O2S2. The first kappa shape index (κ1) is 13.1. The number of hydrogen-bond acceptors (Lipinski definition) is 4. The first-order valence-corrected chi connectivity index (χ1v) is 7.73. The highest BCUT2D eigenvalue weighted by molar-refractivity contribution is 7.91. The lowest BCUT2D eigenvalue weighted by molar-refractivity contribution is 0.583. The molecule has 4 nitrogen and oxygen atoms in total. The van der Waals surface area contributed by atoms with Crippen molar-refractivity contribution in [2.75, 3.05) is 5.73 Å². The van der Waals surface area contributed by atoms with Crippen molar-refractivity contribution < 1.29 is 8.42 Å². The molecule has 0 saturated carbocycles. The van der Waals surface area contributed by atoms with Crippen LogP contribution >= 0.6 is 11.3 Å². The lowest BCUT2D eigenvalue weighted by Crippen LogP contribution is -2.22. The molecule has 1 aromatic heterocycles. The largest absolute Gasteiger partial charge is 0.398 e. The van der Waals surface area contributed by atoms with Crippen LogP contribution in [0.5, 0.6) is 0 Å². The Hall–Kier alpha value is -1.37. The van der Waals surface area contributed by atoms with E-state index in [4.69, 9.17) is 5.73 Å². The van der Waals surface area contributed by atoms with E-state index in [1.54, 1.807) is 5.38 Å². The molecule has 96 valence electrons. The van der Waals surface area contributed by atoms with Gasteiger partial charge >= 0.3 is 0 Å². The summed E-state index contributed by atoms with van der Waals surface area (Å²) in [7, 11) is -3.46. The van der Waals surface area contributed by atoms with E-state index < -0.39 is 10.0 Å². The second-order valence-electron chi connectivity index (χ2n) is 4.01. The highest BCUT2D eigenvalue weighted by atomic mass is 32.2. The molecule has 0 spiro atoms. The normalized spacial score (nSPS) is 11.6. The van der Waals surface area contributed by atoms with Crippen LogP contribution in [0.4, 0.5) is 5.69 Å². The van der Waals surface area contributed by atoms with Crippen molar-refractivity contribution in [3.05, 3.63) is 46.8 Å². The van der Waals surface area contributed by atoms with E-state index in [0.717, 1.165) is 22.5 Å². The van der Waals surface area contributed by atoms with Gasteiger partial charge in [0.05, 0.1) is 0 Å². The fourth-order valence-electron chi connectivity index (χ4n) is 1.43. The first-order chi connectivity index (χ1) is 8.47. The Kier molecular flexibility index (Phi) is 3.70. The minimum atomic E-state index is -3.46. The molecule has 6 heteroatoms. The smallest absolute Gasteiger partial charge is 0.250 e. The van der Waals surface area contributed by atoms with Crippen LogP contribution in [0.1, 0.15) is 11.1 Å². The Morgan fingerprint density at radius 1 is 1.28 bits per heavy atom. The average molecular weight is 282 g/mol. The van der Waals surface area contributed by atoms with Gasteiger partial charge in [0.1, 0.15) is 4.21 Å². The number of hydrogen-bond donors (Lipinski definition) is 2. The maximum Gasteiger partial charge on any atom is 0.250 e. The van der Waals surface area contributed by atoms with Crippen molar-refractivity contribution in [3.63, 3.8) is 0 Å². The van der Waals surface area contributed by atoms with Gasteiger partial charge in [-0.25, -0.2) is 13.1 Å². The average Bonchev–Trinajstić information content (AvgIpc) is 2.76. The summed E-state index contributed by atoms with van der Waals surface area (Å²) < 4.78 is 26.7. The van der Waals surface area contributed by atoms with Crippen LogP contribution in [0.2, 0.25) is 0 Å². The molecule has 0 aliphatic heterocycles. The van der Waals surface area contributed by atoms with Gasteiger partial charge < -0.3 is 5.73 Å². The summed E-state index contributed by atoms with van der Waals surface area (Å²) in [5, 5.41) is 1.61. The predicted molar refractivity (Wildman–Crippen MR) is 73.9 cm³/mol. The van der Waals surface area contributed by atoms with E-state index in [-0.39, 0.29) is 10.8 Å². The maximum absolute atomic E-state index is 11.9. The predicted octanol–water partition coefficient (Wildman–Crippen LogP) is 2.12. The van der Waals surface area contributed by atoms with Crippen LogP contribution in [0, 0.1) is 6.92 Å². The molecule has 0 aliphatic carbocycles. The molecule has 3 N–H and O–H groups in total. The Bertz CT molecular complexity index is 630. The number of nitrogens with one attached hydrogen (secondary N) is 1. The number of thiophene rings is 1. The van der Waals surface area contributed by atoms with Crippen LogP contribution in [0.25, 0.3) is 0 Å². The van der Waals surface area contributed by atoms with E-state index >= 15 is 0 Å². The Labute approximate surface area is 111 Å². The summed E-state index contributed by atoms with van der Waals surface area (Å²) in [5.74, 6) is 0. The zero-order chi connectivity index (χ0) is 13.2. The van der Waals surface area contributed by atoms with Crippen molar-refractivity contribution in [2.45, 2.75) is 17.7 Å².